The molecule has 0 saturated heterocycles. The third kappa shape index (κ3) is 2.57. The Morgan fingerprint density at radius 2 is 1.94 bits per heavy atom. The van der Waals surface area contributed by atoms with Crippen molar-refractivity contribution >= 4 is 11.6 Å². The number of pyridine rings is 1. The highest BCUT2D eigenvalue weighted by molar-refractivity contribution is 6.30. The van der Waals surface area contributed by atoms with E-state index in [-0.39, 0.29) is 6.04 Å². The molecule has 1 atom stereocenters. The molecule has 2 rings (SSSR count). The second-order valence-corrected chi connectivity index (χ2v) is 4.08. The van der Waals surface area contributed by atoms with E-state index in [9.17, 15) is 0 Å². The van der Waals surface area contributed by atoms with E-state index in [0.29, 0.717) is 10.8 Å². The van der Waals surface area contributed by atoms with Crippen molar-refractivity contribution in [3.05, 3.63) is 58.9 Å². The molecule has 1 heterocycles. The summed E-state index contributed by atoms with van der Waals surface area (Å²) in [6.07, 6.45) is 3.36. The maximum absolute atomic E-state index is 6.19. The molecule has 17 heavy (non-hydrogen) atoms. The summed E-state index contributed by atoms with van der Waals surface area (Å²) in [6, 6.07) is 9.08. The van der Waals surface area contributed by atoms with Crippen LogP contribution in [-0.2, 0) is 0 Å². The summed E-state index contributed by atoms with van der Waals surface area (Å²) < 4.78 is 5.24. The standard InChI is InChI=1S/C13H13ClN2O/c1-17-12-8-16-7-6-11(12)13(15)9-2-4-10(14)5-3-9/h2-8,13H,15H2,1H3. The van der Waals surface area contributed by atoms with Crippen molar-refractivity contribution in [2.45, 2.75) is 6.04 Å². The molecule has 88 valence electrons. The van der Waals surface area contributed by atoms with Gasteiger partial charge in [-0.15, -0.1) is 0 Å². The molecule has 0 aliphatic carbocycles. The van der Waals surface area contributed by atoms with Crippen LogP contribution in [0.5, 0.6) is 5.75 Å². The molecular formula is C13H13ClN2O. The molecule has 0 spiro atoms. The third-order valence-corrected chi connectivity index (χ3v) is 2.85. The second-order valence-electron chi connectivity index (χ2n) is 3.65. The second kappa shape index (κ2) is 5.17. The summed E-state index contributed by atoms with van der Waals surface area (Å²) in [7, 11) is 1.61. The van der Waals surface area contributed by atoms with Crippen molar-refractivity contribution in [2.75, 3.05) is 7.11 Å². The predicted octanol–water partition coefficient (Wildman–Crippen LogP) is 2.79. The van der Waals surface area contributed by atoms with Crippen molar-refractivity contribution in [3.63, 3.8) is 0 Å². The van der Waals surface area contributed by atoms with E-state index in [0.717, 1.165) is 11.1 Å². The third-order valence-electron chi connectivity index (χ3n) is 2.60. The number of aromatic nitrogens is 1. The molecule has 0 aliphatic rings. The Bertz CT molecular complexity index is 499. The molecule has 1 aromatic carbocycles. The van der Waals surface area contributed by atoms with Crippen molar-refractivity contribution < 1.29 is 4.74 Å². The van der Waals surface area contributed by atoms with E-state index in [1.807, 2.05) is 30.3 Å². The zero-order chi connectivity index (χ0) is 12.3. The largest absolute Gasteiger partial charge is 0.495 e. The number of hydrogen-bond acceptors (Lipinski definition) is 3. The normalized spacial score (nSPS) is 12.2. The van der Waals surface area contributed by atoms with Crippen molar-refractivity contribution in [1.29, 1.82) is 0 Å². The number of ether oxygens (including phenoxy) is 1. The Kier molecular flexibility index (Phi) is 3.61. The Balaban J connectivity index is 2.36. The fourth-order valence-corrected chi connectivity index (χ4v) is 1.79. The van der Waals surface area contributed by atoms with Gasteiger partial charge in [-0.2, -0.15) is 0 Å². The Morgan fingerprint density at radius 3 is 2.59 bits per heavy atom. The summed E-state index contributed by atoms with van der Waals surface area (Å²) in [4.78, 5) is 4.00. The average Bonchev–Trinajstić information content (AvgIpc) is 2.39. The van der Waals surface area contributed by atoms with Crippen LogP contribution >= 0.6 is 11.6 Å². The van der Waals surface area contributed by atoms with Gasteiger partial charge in [-0.1, -0.05) is 23.7 Å². The summed E-state index contributed by atoms with van der Waals surface area (Å²) >= 11 is 5.85. The molecular weight excluding hydrogens is 236 g/mol. The van der Waals surface area contributed by atoms with Gasteiger partial charge in [-0.3, -0.25) is 4.98 Å². The molecule has 1 unspecified atom stereocenters. The van der Waals surface area contributed by atoms with Crippen LogP contribution < -0.4 is 10.5 Å². The number of benzene rings is 1. The van der Waals surface area contributed by atoms with Gasteiger partial charge in [0.1, 0.15) is 5.75 Å². The first kappa shape index (κ1) is 11.9. The highest BCUT2D eigenvalue weighted by atomic mass is 35.5. The number of rotatable bonds is 3. The van der Waals surface area contributed by atoms with Crippen LogP contribution in [0, 0.1) is 0 Å². The molecule has 0 amide bonds. The van der Waals surface area contributed by atoms with Crippen LogP contribution in [0.15, 0.2) is 42.7 Å². The molecule has 1 aromatic heterocycles. The average molecular weight is 249 g/mol. The fraction of sp³-hybridized carbons (Fsp3) is 0.154. The zero-order valence-electron chi connectivity index (χ0n) is 9.43. The number of nitrogens with zero attached hydrogens (tertiary/aromatic N) is 1. The summed E-state index contributed by atoms with van der Waals surface area (Å²) in [6.45, 7) is 0. The minimum Gasteiger partial charge on any atom is -0.495 e. The van der Waals surface area contributed by atoms with Gasteiger partial charge in [0, 0.05) is 16.8 Å². The lowest BCUT2D eigenvalue weighted by Gasteiger charge is -2.15. The van der Waals surface area contributed by atoms with E-state index in [4.69, 9.17) is 22.1 Å². The smallest absolute Gasteiger partial charge is 0.142 e. The highest BCUT2D eigenvalue weighted by Gasteiger charge is 2.13. The quantitative estimate of drug-likeness (QED) is 0.909. The van der Waals surface area contributed by atoms with Gasteiger partial charge in [-0.25, -0.2) is 0 Å². The first-order valence-electron chi connectivity index (χ1n) is 5.21. The summed E-state index contributed by atoms with van der Waals surface area (Å²) in [5.41, 5.74) is 8.08. The molecule has 0 bridgehead atoms. The van der Waals surface area contributed by atoms with E-state index >= 15 is 0 Å². The minimum atomic E-state index is -0.245. The highest BCUT2D eigenvalue weighted by Crippen LogP contribution is 2.27. The van der Waals surface area contributed by atoms with Crippen molar-refractivity contribution in [2.24, 2.45) is 5.73 Å². The molecule has 2 N–H and O–H groups in total. The fourth-order valence-electron chi connectivity index (χ4n) is 1.67. The summed E-state index contributed by atoms with van der Waals surface area (Å²) in [5.74, 6) is 0.690. The van der Waals surface area contributed by atoms with Gasteiger partial charge in [0.15, 0.2) is 0 Å². The van der Waals surface area contributed by atoms with E-state index in [1.54, 1.807) is 19.5 Å². The van der Waals surface area contributed by atoms with E-state index in [1.165, 1.54) is 0 Å². The van der Waals surface area contributed by atoms with Crippen LogP contribution in [-0.4, -0.2) is 12.1 Å². The maximum atomic E-state index is 6.19. The molecule has 0 radical (unpaired) electrons. The molecule has 3 nitrogen and oxygen atoms in total. The topological polar surface area (TPSA) is 48.1 Å². The number of methoxy groups -OCH3 is 1. The number of halogens is 1. The zero-order valence-corrected chi connectivity index (χ0v) is 10.2. The van der Waals surface area contributed by atoms with Gasteiger partial charge >= 0.3 is 0 Å². The summed E-state index contributed by atoms with van der Waals surface area (Å²) in [5, 5.41) is 0.697. The molecule has 2 aromatic rings. The first-order valence-corrected chi connectivity index (χ1v) is 5.59. The van der Waals surface area contributed by atoms with Crippen LogP contribution in [0.25, 0.3) is 0 Å². The van der Waals surface area contributed by atoms with Gasteiger partial charge in [0.2, 0.25) is 0 Å². The lowest BCUT2D eigenvalue weighted by Crippen LogP contribution is -2.13. The molecule has 0 saturated carbocycles. The molecule has 4 heteroatoms. The van der Waals surface area contributed by atoms with Gasteiger partial charge in [-0.05, 0) is 23.8 Å². The lowest BCUT2D eigenvalue weighted by molar-refractivity contribution is 0.406. The van der Waals surface area contributed by atoms with Gasteiger partial charge < -0.3 is 10.5 Å². The van der Waals surface area contributed by atoms with Crippen molar-refractivity contribution in [3.8, 4) is 5.75 Å². The lowest BCUT2D eigenvalue weighted by atomic mass is 10.00. The van der Waals surface area contributed by atoms with Crippen LogP contribution in [0.3, 0.4) is 0 Å². The van der Waals surface area contributed by atoms with Crippen LogP contribution in [0.4, 0.5) is 0 Å². The Hall–Kier alpha value is -1.58. The number of hydrogen-bond donors (Lipinski definition) is 1. The molecule has 0 fully saturated rings. The monoisotopic (exact) mass is 248 g/mol. The van der Waals surface area contributed by atoms with Crippen LogP contribution in [0.1, 0.15) is 17.2 Å². The van der Waals surface area contributed by atoms with E-state index in [2.05, 4.69) is 4.98 Å². The minimum absolute atomic E-state index is 0.245. The van der Waals surface area contributed by atoms with E-state index < -0.39 is 0 Å². The van der Waals surface area contributed by atoms with Crippen molar-refractivity contribution in [1.82, 2.24) is 4.98 Å². The Morgan fingerprint density at radius 1 is 1.24 bits per heavy atom. The maximum Gasteiger partial charge on any atom is 0.142 e. The first-order chi connectivity index (χ1) is 8.22. The SMILES string of the molecule is COc1cnccc1C(N)c1ccc(Cl)cc1. The van der Waals surface area contributed by atoms with Crippen LogP contribution in [0.2, 0.25) is 5.02 Å². The van der Waals surface area contributed by atoms with Gasteiger partial charge in [0.05, 0.1) is 19.3 Å². The molecule has 0 aliphatic heterocycles. The number of nitrogens with two attached hydrogens (primary N) is 1. The van der Waals surface area contributed by atoms with Gasteiger partial charge in [0.25, 0.3) is 0 Å². The Labute approximate surface area is 105 Å². The predicted molar refractivity (Wildman–Crippen MR) is 68.3 cm³/mol.